The molecule has 0 unspecified atom stereocenters. The molecule has 0 spiro atoms. The molecular formula is C18H16Cl2N2O4. The number of carbonyl (C=O) groups is 1. The Morgan fingerprint density at radius 2 is 2.00 bits per heavy atom. The summed E-state index contributed by atoms with van der Waals surface area (Å²) in [6.45, 7) is 2.58. The minimum absolute atomic E-state index is 0.351. The molecule has 1 aliphatic rings. The van der Waals surface area contributed by atoms with Crippen LogP contribution in [-0.2, 0) is 9.63 Å². The van der Waals surface area contributed by atoms with Crippen molar-refractivity contribution in [1.29, 1.82) is 0 Å². The van der Waals surface area contributed by atoms with E-state index in [1.54, 1.807) is 43.3 Å². The van der Waals surface area contributed by atoms with Gasteiger partial charge in [-0.05, 0) is 25.1 Å². The fourth-order valence-electron chi connectivity index (χ4n) is 2.21. The number of rotatable bonds is 5. The quantitative estimate of drug-likeness (QED) is 0.610. The minimum Gasteiger partial charge on any atom is -0.486 e. The van der Waals surface area contributed by atoms with Crippen LogP contribution in [0, 0.1) is 0 Å². The summed E-state index contributed by atoms with van der Waals surface area (Å²) in [5, 5.41) is 7.33. The van der Waals surface area contributed by atoms with Crippen molar-refractivity contribution in [3.05, 3.63) is 52.0 Å². The minimum atomic E-state index is -0.808. The van der Waals surface area contributed by atoms with Gasteiger partial charge in [-0.25, -0.2) is 0 Å². The number of fused-ring (bicyclic) bond motifs is 1. The lowest BCUT2D eigenvalue weighted by molar-refractivity contribution is -0.126. The van der Waals surface area contributed by atoms with Gasteiger partial charge in [0.05, 0.1) is 16.3 Å². The topological polar surface area (TPSA) is 69.2 Å². The zero-order valence-electron chi connectivity index (χ0n) is 13.9. The Morgan fingerprint density at radius 1 is 1.23 bits per heavy atom. The fraction of sp³-hybridized carbons (Fsp3) is 0.222. The standard InChI is InChI=1S/C18H16Cl2N2O4/c1-11(26-21-10-12-3-2-4-14(19)17(12)20)18(23)22-13-5-6-15-16(9-13)25-8-7-24-15/h2-6,9-11H,7-8H2,1H3,(H,22,23)/b21-10-/t11-/m1/s1. The van der Waals surface area contributed by atoms with Gasteiger partial charge in [0.25, 0.3) is 5.91 Å². The predicted molar refractivity (Wildman–Crippen MR) is 101 cm³/mol. The van der Waals surface area contributed by atoms with Crippen LogP contribution in [0.2, 0.25) is 10.0 Å². The fourth-order valence-corrected chi connectivity index (χ4v) is 2.57. The average Bonchev–Trinajstić information content (AvgIpc) is 2.65. The molecular weight excluding hydrogens is 379 g/mol. The Kier molecular flexibility index (Phi) is 5.85. The van der Waals surface area contributed by atoms with Crippen LogP contribution in [-0.4, -0.2) is 31.4 Å². The zero-order chi connectivity index (χ0) is 18.5. The number of amides is 1. The van der Waals surface area contributed by atoms with Gasteiger partial charge in [-0.15, -0.1) is 0 Å². The first kappa shape index (κ1) is 18.4. The molecule has 1 aliphatic heterocycles. The third-order valence-corrected chi connectivity index (χ3v) is 4.40. The molecule has 2 aromatic carbocycles. The van der Waals surface area contributed by atoms with Crippen molar-refractivity contribution < 1.29 is 19.1 Å². The van der Waals surface area contributed by atoms with Crippen molar-refractivity contribution in [2.75, 3.05) is 18.5 Å². The van der Waals surface area contributed by atoms with Crippen LogP contribution in [0.3, 0.4) is 0 Å². The number of nitrogens with zero attached hydrogens (tertiary/aromatic N) is 1. The van der Waals surface area contributed by atoms with Crippen LogP contribution in [0.1, 0.15) is 12.5 Å². The van der Waals surface area contributed by atoms with E-state index in [0.717, 1.165) is 0 Å². The Hall–Kier alpha value is -2.44. The molecule has 0 radical (unpaired) electrons. The summed E-state index contributed by atoms with van der Waals surface area (Å²) < 4.78 is 10.9. The van der Waals surface area contributed by atoms with Crippen molar-refractivity contribution >= 4 is 41.0 Å². The molecule has 0 saturated carbocycles. The van der Waals surface area contributed by atoms with Crippen molar-refractivity contribution in [2.45, 2.75) is 13.0 Å². The predicted octanol–water partition coefficient (Wildman–Crippen LogP) is 4.14. The largest absolute Gasteiger partial charge is 0.486 e. The van der Waals surface area contributed by atoms with E-state index in [4.69, 9.17) is 37.5 Å². The third kappa shape index (κ3) is 4.39. The lowest BCUT2D eigenvalue weighted by atomic mass is 10.2. The highest BCUT2D eigenvalue weighted by Crippen LogP contribution is 2.32. The lowest BCUT2D eigenvalue weighted by Gasteiger charge is -2.19. The number of nitrogens with one attached hydrogen (secondary N) is 1. The van der Waals surface area contributed by atoms with Gasteiger partial charge in [0.1, 0.15) is 13.2 Å². The second kappa shape index (κ2) is 8.29. The van der Waals surface area contributed by atoms with Gasteiger partial charge in [0.15, 0.2) is 11.5 Å². The number of carbonyl (C=O) groups excluding carboxylic acids is 1. The maximum atomic E-state index is 12.2. The third-order valence-electron chi connectivity index (χ3n) is 3.57. The molecule has 1 N–H and O–H groups in total. The Bertz CT molecular complexity index is 842. The number of benzene rings is 2. The van der Waals surface area contributed by atoms with Gasteiger partial charge < -0.3 is 19.6 Å². The van der Waals surface area contributed by atoms with Crippen molar-refractivity contribution in [3.8, 4) is 11.5 Å². The van der Waals surface area contributed by atoms with Gasteiger partial charge in [-0.2, -0.15) is 0 Å². The van der Waals surface area contributed by atoms with Crippen LogP contribution >= 0.6 is 23.2 Å². The van der Waals surface area contributed by atoms with Gasteiger partial charge in [0.2, 0.25) is 6.10 Å². The molecule has 1 heterocycles. The van der Waals surface area contributed by atoms with E-state index in [0.29, 0.717) is 46.0 Å². The monoisotopic (exact) mass is 394 g/mol. The first-order valence-electron chi connectivity index (χ1n) is 7.88. The molecule has 0 bridgehead atoms. The van der Waals surface area contributed by atoms with E-state index in [-0.39, 0.29) is 5.91 Å². The summed E-state index contributed by atoms with van der Waals surface area (Å²) >= 11 is 12.0. The second-order valence-corrected chi connectivity index (χ2v) is 6.26. The lowest BCUT2D eigenvalue weighted by Crippen LogP contribution is -2.26. The average molecular weight is 395 g/mol. The maximum absolute atomic E-state index is 12.2. The molecule has 2 aromatic rings. The number of hydrogen-bond acceptors (Lipinski definition) is 5. The summed E-state index contributed by atoms with van der Waals surface area (Å²) in [6.07, 6.45) is 0.597. The van der Waals surface area contributed by atoms with Crippen LogP contribution in [0.25, 0.3) is 0 Å². The summed E-state index contributed by atoms with van der Waals surface area (Å²) in [5.41, 5.74) is 1.18. The number of hydrogen-bond donors (Lipinski definition) is 1. The maximum Gasteiger partial charge on any atom is 0.267 e. The Labute approximate surface area is 160 Å². The number of anilines is 1. The summed E-state index contributed by atoms with van der Waals surface area (Å²) in [7, 11) is 0. The smallest absolute Gasteiger partial charge is 0.267 e. The normalized spacial score (nSPS) is 14.1. The van der Waals surface area contributed by atoms with Gasteiger partial charge in [-0.1, -0.05) is 40.5 Å². The molecule has 6 nitrogen and oxygen atoms in total. The van der Waals surface area contributed by atoms with Crippen molar-refractivity contribution in [3.63, 3.8) is 0 Å². The van der Waals surface area contributed by atoms with Gasteiger partial charge in [0, 0.05) is 17.3 Å². The van der Waals surface area contributed by atoms with E-state index in [1.165, 1.54) is 6.21 Å². The van der Waals surface area contributed by atoms with Crippen LogP contribution in [0.5, 0.6) is 11.5 Å². The molecule has 26 heavy (non-hydrogen) atoms. The highest BCUT2D eigenvalue weighted by molar-refractivity contribution is 6.43. The number of oxime groups is 1. The van der Waals surface area contributed by atoms with Crippen LogP contribution < -0.4 is 14.8 Å². The molecule has 1 atom stereocenters. The first-order chi connectivity index (χ1) is 12.5. The molecule has 1 amide bonds. The molecule has 0 aliphatic carbocycles. The van der Waals surface area contributed by atoms with E-state index in [2.05, 4.69) is 10.5 Å². The molecule has 8 heteroatoms. The van der Waals surface area contributed by atoms with E-state index >= 15 is 0 Å². The summed E-state index contributed by atoms with van der Waals surface area (Å²) in [5.74, 6) is 0.897. The number of halogens is 2. The van der Waals surface area contributed by atoms with Crippen LogP contribution in [0.15, 0.2) is 41.6 Å². The summed E-state index contributed by atoms with van der Waals surface area (Å²) in [6, 6.07) is 10.3. The Morgan fingerprint density at radius 3 is 2.81 bits per heavy atom. The Balaban J connectivity index is 1.58. The molecule has 3 rings (SSSR count). The summed E-state index contributed by atoms with van der Waals surface area (Å²) in [4.78, 5) is 17.4. The van der Waals surface area contributed by atoms with Crippen LogP contribution in [0.4, 0.5) is 5.69 Å². The van der Waals surface area contributed by atoms with Gasteiger partial charge >= 0.3 is 0 Å². The second-order valence-electron chi connectivity index (χ2n) is 5.47. The molecule has 136 valence electrons. The highest BCUT2D eigenvalue weighted by Gasteiger charge is 2.17. The number of ether oxygens (including phenoxy) is 2. The van der Waals surface area contributed by atoms with E-state index in [9.17, 15) is 4.79 Å². The molecule has 0 fully saturated rings. The van der Waals surface area contributed by atoms with E-state index < -0.39 is 6.10 Å². The van der Waals surface area contributed by atoms with Crippen molar-refractivity contribution in [1.82, 2.24) is 0 Å². The SMILES string of the molecule is C[C@@H](O/N=C\c1cccc(Cl)c1Cl)C(=O)Nc1ccc2c(c1)OCCO2. The van der Waals surface area contributed by atoms with Gasteiger partial charge in [-0.3, -0.25) is 4.79 Å². The highest BCUT2D eigenvalue weighted by atomic mass is 35.5. The zero-order valence-corrected chi connectivity index (χ0v) is 15.4. The van der Waals surface area contributed by atoms with E-state index in [1.807, 2.05) is 0 Å². The van der Waals surface area contributed by atoms with Crippen molar-refractivity contribution in [2.24, 2.45) is 5.16 Å². The first-order valence-corrected chi connectivity index (χ1v) is 8.64. The molecule has 0 aromatic heterocycles. The molecule has 0 saturated heterocycles.